The summed E-state index contributed by atoms with van der Waals surface area (Å²) in [6, 6.07) is 70.0. The van der Waals surface area contributed by atoms with E-state index >= 15 is 0 Å². The van der Waals surface area contributed by atoms with Gasteiger partial charge in [-0.05, 0) is 89.3 Å². The number of fused-ring (bicyclic) bond motifs is 4. The predicted molar refractivity (Wildman–Crippen MR) is 237 cm³/mol. The molecule has 1 aromatic heterocycles. The minimum absolute atomic E-state index is 0.631. The van der Waals surface area contributed by atoms with Gasteiger partial charge in [-0.25, -0.2) is 15.0 Å². The summed E-state index contributed by atoms with van der Waals surface area (Å²) < 4.78 is 0. The zero-order valence-corrected chi connectivity index (χ0v) is 31.3. The van der Waals surface area contributed by atoms with Gasteiger partial charge in [0.15, 0.2) is 17.5 Å². The second kappa shape index (κ2) is 13.6. The fourth-order valence-corrected chi connectivity index (χ4v) is 8.61. The summed E-state index contributed by atoms with van der Waals surface area (Å²) in [4.78, 5) is 14.8. The number of nitrogens with zero attached hydrogens (tertiary/aromatic N) is 4. The first kappa shape index (κ1) is 33.3. The average molecular weight is 737 g/mol. The maximum Gasteiger partial charge on any atom is 0.164 e. The van der Waals surface area contributed by atoms with Crippen LogP contribution in [0.5, 0.6) is 0 Å². The van der Waals surface area contributed by atoms with Gasteiger partial charge in [0.25, 0.3) is 0 Å². The number of nitriles is 1. The van der Waals surface area contributed by atoms with Gasteiger partial charge in [-0.3, -0.25) is 0 Å². The molecule has 0 aliphatic heterocycles. The van der Waals surface area contributed by atoms with E-state index in [1.807, 2.05) is 72.8 Å². The molecule has 9 aromatic carbocycles. The molecule has 1 aliphatic rings. The third-order valence-electron chi connectivity index (χ3n) is 11.4. The third-order valence-corrected chi connectivity index (χ3v) is 11.4. The lowest BCUT2D eigenvalue weighted by atomic mass is 9.85. The number of aromatic nitrogens is 3. The Bertz CT molecular complexity index is 3170. The van der Waals surface area contributed by atoms with Crippen LogP contribution in [0.25, 0.3) is 111 Å². The van der Waals surface area contributed by atoms with Crippen LogP contribution >= 0.6 is 0 Å². The second-order valence-electron chi connectivity index (χ2n) is 14.6. The van der Waals surface area contributed by atoms with Crippen molar-refractivity contribution in [3.05, 3.63) is 200 Å². The molecule has 0 N–H and O–H groups in total. The van der Waals surface area contributed by atoms with Gasteiger partial charge in [-0.1, -0.05) is 182 Å². The van der Waals surface area contributed by atoms with E-state index in [2.05, 4.69) is 127 Å². The summed E-state index contributed by atoms with van der Waals surface area (Å²) >= 11 is 0. The van der Waals surface area contributed by atoms with Crippen molar-refractivity contribution in [3.8, 4) is 95.9 Å². The highest BCUT2D eigenvalue weighted by molar-refractivity contribution is 6.24. The van der Waals surface area contributed by atoms with E-state index in [1.165, 1.54) is 54.9 Å². The molecule has 1 heterocycles. The minimum atomic E-state index is 0.631. The molecule has 0 saturated carbocycles. The van der Waals surface area contributed by atoms with E-state index in [1.54, 1.807) is 0 Å². The Balaban J connectivity index is 1.05. The van der Waals surface area contributed by atoms with E-state index in [0.717, 1.165) is 38.9 Å². The standard InChI is InChI=1S/C54H32N4/c55-33-34-19-21-36(22-20-34)41-28-30-47-44-17-9-10-18-45(44)48-31-32-49(50(41)51(47)48)46-29-27-40(42-15-7-8-16-43(42)46)35-23-25-39(26-24-35)54-57-52(37-11-3-1-4-12-37)56-53(58-54)38-13-5-2-6-14-38/h1-32H. The Kier molecular flexibility index (Phi) is 7.84. The minimum Gasteiger partial charge on any atom is -0.208 e. The van der Waals surface area contributed by atoms with E-state index < -0.39 is 0 Å². The van der Waals surface area contributed by atoms with Crippen LogP contribution in [0.4, 0.5) is 0 Å². The molecule has 4 nitrogen and oxygen atoms in total. The maximum atomic E-state index is 9.56. The summed E-state index contributed by atoms with van der Waals surface area (Å²) in [5.74, 6) is 1.92. The van der Waals surface area contributed by atoms with Gasteiger partial charge in [-0.2, -0.15) is 5.26 Å². The van der Waals surface area contributed by atoms with Crippen molar-refractivity contribution >= 4 is 21.5 Å². The lowest BCUT2D eigenvalue weighted by Crippen LogP contribution is -2.00. The Labute approximate surface area is 336 Å². The molecular formula is C54H32N4. The Hall–Kier alpha value is -8.00. The van der Waals surface area contributed by atoms with Crippen LogP contribution in [0.15, 0.2) is 194 Å². The number of hydrogen-bond donors (Lipinski definition) is 0. The van der Waals surface area contributed by atoms with Gasteiger partial charge < -0.3 is 0 Å². The zero-order valence-electron chi connectivity index (χ0n) is 31.3. The highest BCUT2D eigenvalue weighted by Gasteiger charge is 2.25. The molecule has 0 saturated heterocycles. The van der Waals surface area contributed by atoms with Crippen LogP contribution < -0.4 is 0 Å². The van der Waals surface area contributed by atoms with Gasteiger partial charge in [0.05, 0.1) is 11.6 Å². The maximum absolute atomic E-state index is 9.56. The lowest BCUT2D eigenvalue weighted by Gasteiger charge is -2.18. The number of hydrogen-bond acceptors (Lipinski definition) is 4. The summed E-state index contributed by atoms with van der Waals surface area (Å²) in [6.45, 7) is 0. The van der Waals surface area contributed by atoms with Crippen LogP contribution in [0.3, 0.4) is 0 Å². The summed E-state index contributed by atoms with van der Waals surface area (Å²) in [5.41, 5.74) is 15.4. The lowest BCUT2D eigenvalue weighted by molar-refractivity contribution is 1.07. The third kappa shape index (κ3) is 5.49. The SMILES string of the molecule is N#Cc1ccc(-c2ccc3c4c(ccc(-c5ccc(-c6ccc(-c7nc(-c8ccccc8)nc(-c8ccccc8)n7)cc6)c6ccccc56)c24)-c2ccccc2-3)cc1. The molecule has 0 atom stereocenters. The van der Waals surface area contributed by atoms with Crippen molar-refractivity contribution in [2.24, 2.45) is 0 Å². The van der Waals surface area contributed by atoms with Gasteiger partial charge in [0.2, 0.25) is 0 Å². The van der Waals surface area contributed by atoms with E-state index in [4.69, 9.17) is 15.0 Å². The topological polar surface area (TPSA) is 62.5 Å². The monoisotopic (exact) mass is 736 g/mol. The summed E-state index contributed by atoms with van der Waals surface area (Å²) in [6.07, 6.45) is 0. The summed E-state index contributed by atoms with van der Waals surface area (Å²) in [5, 5.41) is 14.4. The molecule has 10 aromatic rings. The fraction of sp³-hybridized carbons (Fsp3) is 0. The smallest absolute Gasteiger partial charge is 0.164 e. The molecule has 0 spiro atoms. The van der Waals surface area contributed by atoms with Gasteiger partial charge in [-0.15, -0.1) is 0 Å². The van der Waals surface area contributed by atoms with Gasteiger partial charge >= 0.3 is 0 Å². The Morgan fingerprint density at radius 3 is 1.19 bits per heavy atom. The molecule has 0 unspecified atom stereocenters. The Morgan fingerprint density at radius 2 is 0.638 bits per heavy atom. The molecular weight excluding hydrogens is 705 g/mol. The number of rotatable bonds is 6. The van der Waals surface area contributed by atoms with Crippen LogP contribution in [0.2, 0.25) is 0 Å². The van der Waals surface area contributed by atoms with Crippen molar-refractivity contribution in [2.75, 3.05) is 0 Å². The van der Waals surface area contributed by atoms with Gasteiger partial charge in [0.1, 0.15) is 0 Å². The molecule has 268 valence electrons. The molecule has 4 heteroatoms. The van der Waals surface area contributed by atoms with Crippen molar-refractivity contribution in [3.63, 3.8) is 0 Å². The predicted octanol–water partition coefficient (Wildman–Crippen LogP) is 13.7. The molecule has 0 radical (unpaired) electrons. The molecule has 0 fully saturated rings. The molecule has 58 heavy (non-hydrogen) atoms. The van der Waals surface area contributed by atoms with Crippen LogP contribution in [0.1, 0.15) is 5.56 Å². The molecule has 0 bridgehead atoms. The molecule has 11 rings (SSSR count). The van der Waals surface area contributed by atoms with E-state index in [0.29, 0.717) is 23.0 Å². The average Bonchev–Trinajstić information content (AvgIpc) is 3.64. The van der Waals surface area contributed by atoms with Crippen LogP contribution in [0, 0.1) is 11.3 Å². The first-order valence-corrected chi connectivity index (χ1v) is 19.4. The van der Waals surface area contributed by atoms with Crippen molar-refractivity contribution in [2.45, 2.75) is 0 Å². The highest BCUT2D eigenvalue weighted by Crippen LogP contribution is 2.52. The quantitative estimate of drug-likeness (QED) is 0.170. The van der Waals surface area contributed by atoms with Crippen molar-refractivity contribution in [1.82, 2.24) is 15.0 Å². The second-order valence-corrected chi connectivity index (χ2v) is 14.6. The van der Waals surface area contributed by atoms with Gasteiger partial charge in [0, 0.05) is 16.7 Å². The van der Waals surface area contributed by atoms with E-state index in [9.17, 15) is 5.26 Å². The van der Waals surface area contributed by atoms with Crippen molar-refractivity contribution < 1.29 is 0 Å². The summed E-state index contributed by atoms with van der Waals surface area (Å²) in [7, 11) is 0. The molecule has 0 amide bonds. The Morgan fingerprint density at radius 1 is 0.276 bits per heavy atom. The van der Waals surface area contributed by atoms with Crippen molar-refractivity contribution in [1.29, 1.82) is 5.26 Å². The highest BCUT2D eigenvalue weighted by atomic mass is 15.0. The largest absolute Gasteiger partial charge is 0.208 e. The zero-order chi connectivity index (χ0) is 38.6. The first-order chi connectivity index (χ1) is 28.7. The fourth-order valence-electron chi connectivity index (χ4n) is 8.61. The van der Waals surface area contributed by atoms with E-state index in [-0.39, 0.29) is 0 Å². The first-order valence-electron chi connectivity index (χ1n) is 19.4. The van der Waals surface area contributed by atoms with Crippen LogP contribution in [-0.2, 0) is 0 Å². The number of benzene rings is 9. The normalized spacial score (nSPS) is 11.4. The molecule has 1 aliphatic carbocycles. The van der Waals surface area contributed by atoms with Crippen LogP contribution in [-0.4, -0.2) is 15.0 Å².